The second kappa shape index (κ2) is 9.10. The number of nitrogens with zero attached hydrogens (tertiary/aromatic N) is 1. The van der Waals surface area contributed by atoms with Gasteiger partial charge in [0.05, 0.1) is 0 Å². The van der Waals surface area contributed by atoms with E-state index in [-0.39, 0.29) is 34.6 Å². The minimum Gasteiger partial charge on any atom is -0.456 e. The molecular formula is C30H50N2O3S. The average molecular weight is 519 g/mol. The van der Waals surface area contributed by atoms with Gasteiger partial charge in [-0.3, -0.25) is 4.79 Å². The number of nitrogens with two attached hydrogens (primary N) is 1. The van der Waals surface area contributed by atoms with E-state index >= 15 is 0 Å². The molecule has 0 bridgehead atoms. The summed E-state index contributed by atoms with van der Waals surface area (Å²) in [5.41, 5.74) is 7.42. The molecule has 3 unspecified atom stereocenters. The number of esters is 1. The summed E-state index contributed by atoms with van der Waals surface area (Å²) in [5, 5.41) is 2.66. The van der Waals surface area contributed by atoms with E-state index < -0.39 is 6.04 Å². The molecule has 6 heteroatoms. The summed E-state index contributed by atoms with van der Waals surface area (Å²) in [7, 11) is -0.286. The van der Waals surface area contributed by atoms with E-state index in [4.69, 9.17) is 15.3 Å². The second-order valence-electron chi connectivity index (χ2n) is 14.4. The highest BCUT2D eigenvalue weighted by atomic mass is 32.2. The van der Waals surface area contributed by atoms with Crippen LogP contribution in [0, 0.1) is 45.3 Å². The van der Waals surface area contributed by atoms with E-state index in [0.29, 0.717) is 27.3 Å². The van der Waals surface area contributed by atoms with E-state index in [1.165, 1.54) is 57.8 Å². The predicted octanol–water partition coefficient (Wildman–Crippen LogP) is 6.93. The van der Waals surface area contributed by atoms with Crippen LogP contribution in [-0.2, 0) is 25.1 Å². The SMILES string of the molecule is CC(C)[C@H](N)C(=O)OCC1=CS([C@H]2CC[C@@]3(C)[C@]4(C)CCC5C[C@@H](C)CC[C@]5(C)C4CC[C@]23C)=NO1. The highest BCUT2D eigenvalue weighted by Crippen LogP contribution is 2.77. The molecule has 204 valence electrons. The largest absolute Gasteiger partial charge is 0.456 e. The Kier molecular flexibility index (Phi) is 6.76. The molecule has 4 fully saturated rings. The van der Waals surface area contributed by atoms with Crippen LogP contribution in [0.2, 0.25) is 0 Å². The number of ether oxygens (including phenoxy) is 1. The topological polar surface area (TPSA) is 73.9 Å². The van der Waals surface area contributed by atoms with E-state index in [0.717, 1.165) is 17.8 Å². The van der Waals surface area contributed by atoms with Gasteiger partial charge in [0.25, 0.3) is 0 Å². The highest BCUT2D eigenvalue weighted by molar-refractivity contribution is 7.91. The maximum atomic E-state index is 12.2. The Morgan fingerprint density at radius 2 is 1.83 bits per heavy atom. The van der Waals surface area contributed by atoms with Gasteiger partial charge in [0.1, 0.15) is 6.04 Å². The number of carbonyl (C=O) groups excluding carboxylic acids is 1. The molecule has 1 aliphatic heterocycles. The Morgan fingerprint density at radius 3 is 2.56 bits per heavy atom. The fourth-order valence-electron chi connectivity index (χ4n) is 9.78. The van der Waals surface area contributed by atoms with Crippen molar-refractivity contribution in [2.45, 2.75) is 118 Å². The molecule has 5 rings (SSSR count). The van der Waals surface area contributed by atoms with E-state index in [9.17, 15) is 4.79 Å². The molecule has 0 aromatic rings. The molecule has 0 spiro atoms. The minimum atomic E-state index is -0.600. The molecule has 0 aromatic carbocycles. The number of hydrogen-bond donors (Lipinski definition) is 1. The smallest absolute Gasteiger partial charge is 0.323 e. The van der Waals surface area contributed by atoms with Crippen LogP contribution in [0.1, 0.15) is 106 Å². The van der Waals surface area contributed by atoms with Crippen molar-refractivity contribution in [2.75, 3.05) is 6.61 Å². The summed E-state index contributed by atoms with van der Waals surface area (Å²) in [5.74, 6) is 3.01. The van der Waals surface area contributed by atoms with Crippen LogP contribution in [0.5, 0.6) is 0 Å². The number of hydrogen-bond acceptors (Lipinski definition) is 5. The minimum absolute atomic E-state index is 0.0530. The number of fused-ring (bicyclic) bond motifs is 5. The van der Waals surface area contributed by atoms with Crippen LogP contribution in [0.3, 0.4) is 0 Å². The van der Waals surface area contributed by atoms with Crippen molar-refractivity contribution in [3.05, 3.63) is 11.2 Å². The Hall–Kier alpha value is -0.880. The fourth-order valence-corrected chi connectivity index (χ4v) is 11.9. The molecule has 1 heterocycles. The zero-order valence-corrected chi connectivity index (χ0v) is 24.6. The first-order chi connectivity index (χ1) is 16.9. The van der Waals surface area contributed by atoms with Crippen molar-refractivity contribution in [1.82, 2.24) is 0 Å². The molecular weight excluding hydrogens is 468 g/mol. The van der Waals surface area contributed by atoms with Gasteiger partial charge in [-0.2, -0.15) is 0 Å². The lowest BCUT2D eigenvalue weighted by atomic mass is 9.35. The van der Waals surface area contributed by atoms with Crippen LogP contribution in [0.4, 0.5) is 0 Å². The quantitative estimate of drug-likeness (QED) is 0.401. The van der Waals surface area contributed by atoms with Gasteiger partial charge in [-0.15, -0.1) is 0 Å². The fraction of sp³-hybridized carbons (Fsp3) is 0.900. The third-order valence-electron chi connectivity index (χ3n) is 12.6. The van der Waals surface area contributed by atoms with Gasteiger partial charge in [0.2, 0.25) is 0 Å². The number of carbonyl (C=O) groups is 1. The van der Waals surface area contributed by atoms with Crippen LogP contribution in [0.15, 0.2) is 15.7 Å². The van der Waals surface area contributed by atoms with E-state index in [1.54, 1.807) is 0 Å². The van der Waals surface area contributed by atoms with Crippen LogP contribution in [0.25, 0.3) is 0 Å². The molecule has 5 aliphatic rings. The molecule has 0 amide bonds. The average Bonchev–Trinajstić information content (AvgIpc) is 3.40. The van der Waals surface area contributed by atoms with Crippen LogP contribution >= 0.6 is 0 Å². The van der Waals surface area contributed by atoms with Gasteiger partial charge in [-0.1, -0.05) is 59.4 Å². The summed E-state index contributed by atoms with van der Waals surface area (Å²) >= 11 is 0. The monoisotopic (exact) mass is 518 g/mol. The molecule has 0 radical (unpaired) electrons. The van der Waals surface area contributed by atoms with E-state index in [2.05, 4.69) is 44.6 Å². The molecule has 4 saturated carbocycles. The Balaban J connectivity index is 1.34. The number of rotatable bonds is 5. The maximum absolute atomic E-state index is 12.2. The van der Waals surface area contributed by atoms with Gasteiger partial charge in [0, 0.05) is 10.7 Å². The third kappa shape index (κ3) is 3.78. The summed E-state index contributed by atoms with van der Waals surface area (Å²) in [6, 6.07) is -0.600. The Bertz CT molecular complexity index is 964. The molecule has 0 saturated heterocycles. The zero-order valence-electron chi connectivity index (χ0n) is 23.8. The maximum Gasteiger partial charge on any atom is 0.323 e. The van der Waals surface area contributed by atoms with Crippen molar-refractivity contribution in [2.24, 2.45) is 55.6 Å². The summed E-state index contributed by atoms with van der Waals surface area (Å²) in [4.78, 5) is 18.0. The van der Waals surface area contributed by atoms with Gasteiger partial charge in [-0.25, -0.2) is 0 Å². The van der Waals surface area contributed by atoms with Crippen molar-refractivity contribution < 1.29 is 14.4 Å². The predicted molar refractivity (Wildman–Crippen MR) is 147 cm³/mol. The van der Waals surface area contributed by atoms with Crippen LogP contribution in [-0.4, -0.2) is 23.9 Å². The lowest BCUT2D eigenvalue weighted by Gasteiger charge is -2.70. The zero-order chi connectivity index (χ0) is 26.1. The normalized spacial score (nSPS) is 48.7. The van der Waals surface area contributed by atoms with Crippen molar-refractivity contribution in [3.63, 3.8) is 0 Å². The molecule has 36 heavy (non-hydrogen) atoms. The standard InChI is InChI=1S/C30H50N2O3S/c1-19(2)25(31)26(33)34-17-22-18-36(32-35-22)24-11-15-30(7)28(5)13-9-21-16-20(3)8-12-27(21,4)23(28)10-14-29(24,30)6/h18-21,23-25H,8-17,31H2,1-7H3/t20-,21?,23?,24-,25-,27-,28+,29+,30-,36?/m0/s1. The first kappa shape index (κ1) is 26.7. The van der Waals surface area contributed by atoms with Gasteiger partial charge < -0.3 is 15.3 Å². The highest BCUT2D eigenvalue weighted by Gasteiger charge is 2.70. The lowest BCUT2D eigenvalue weighted by Crippen LogP contribution is -2.63. The summed E-state index contributed by atoms with van der Waals surface area (Å²) < 4.78 is 10.1. The molecule has 2 N–H and O–H groups in total. The summed E-state index contributed by atoms with van der Waals surface area (Å²) in [6.45, 7) is 17.0. The molecule has 10 atom stereocenters. The van der Waals surface area contributed by atoms with Crippen LogP contribution < -0.4 is 5.73 Å². The van der Waals surface area contributed by atoms with Gasteiger partial charge >= 0.3 is 5.97 Å². The molecule has 5 nitrogen and oxygen atoms in total. The first-order valence-electron chi connectivity index (χ1n) is 14.6. The van der Waals surface area contributed by atoms with Crippen molar-refractivity contribution in [1.29, 1.82) is 0 Å². The first-order valence-corrected chi connectivity index (χ1v) is 15.9. The third-order valence-corrected chi connectivity index (χ3v) is 14.7. The Labute approximate surface area is 221 Å². The lowest BCUT2D eigenvalue weighted by molar-refractivity contribution is -0.204. The Morgan fingerprint density at radius 1 is 1.11 bits per heavy atom. The molecule has 0 aromatic heterocycles. The molecule has 4 aliphatic carbocycles. The summed E-state index contributed by atoms with van der Waals surface area (Å²) in [6.07, 6.45) is 12.2. The second-order valence-corrected chi connectivity index (χ2v) is 16.0. The van der Waals surface area contributed by atoms with E-state index in [1.807, 2.05) is 13.8 Å². The van der Waals surface area contributed by atoms with Gasteiger partial charge in [-0.05, 0) is 107 Å². The van der Waals surface area contributed by atoms with Crippen molar-refractivity contribution in [3.8, 4) is 0 Å². The van der Waals surface area contributed by atoms with Gasteiger partial charge in [0.15, 0.2) is 12.4 Å². The van der Waals surface area contributed by atoms with Crippen molar-refractivity contribution >= 4 is 16.7 Å².